The Morgan fingerprint density at radius 2 is 2.06 bits per heavy atom. The molecule has 16 heavy (non-hydrogen) atoms. The molecule has 1 aromatic rings. The van der Waals surface area contributed by atoms with Gasteiger partial charge in [0, 0.05) is 9.65 Å². The van der Waals surface area contributed by atoms with Gasteiger partial charge in [-0.3, -0.25) is 0 Å². The third-order valence-electron chi connectivity index (χ3n) is 2.97. The van der Waals surface area contributed by atoms with Crippen molar-refractivity contribution in [3.63, 3.8) is 0 Å². The number of hydrogen-bond acceptors (Lipinski definition) is 3. The summed E-state index contributed by atoms with van der Waals surface area (Å²) in [7, 11) is -1.31. The van der Waals surface area contributed by atoms with Gasteiger partial charge in [-0.25, -0.2) is 0 Å². The largest absolute Gasteiger partial charge is 0.499 e. The molecule has 0 amide bonds. The van der Waals surface area contributed by atoms with Crippen LogP contribution in [0.1, 0.15) is 44.4 Å². The van der Waals surface area contributed by atoms with Crippen LogP contribution in [0.25, 0.3) is 0 Å². The average molecular weight is 240 g/mol. The van der Waals surface area contributed by atoms with Crippen LogP contribution in [0.5, 0.6) is 0 Å². The number of hydrogen-bond donors (Lipinski definition) is 2. The van der Waals surface area contributed by atoms with Crippen molar-refractivity contribution in [3.05, 3.63) is 17.0 Å². The van der Waals surface area contributed by atoms with Gasteiger partial charge in [0.25, 0.3) is 0 Å². The maximum absolute atomic E-state index is 9.04. The summed E-state index contributed by atoms with van der Waals surface area (Å²) in [6.07, 6.45) is 6.10. The Labute approximate surface area is 102 Å². The minimum atomic E-state index is -1.31. The summed E-state index contributed by atoms with van der Waals surface area (Å²) in [5.74, 6) is 0.738. The van der Waals surface area contributed by atoms with E-state index >= 15 is 0 Å². The molecule has 0 saturated carbocycles. The van der Waals surface area contributed by atoms with Gasteiger partial charge in [-0.15, -0.1) is 11.3 Å². The fourth-order valence-electron chi connectivity index (χ4n) is 1.87. The Morgan fingerprint density at radius 3 is 2.56 bits per heavy atom. The van der Waals surface area contributed by atoms with Gasteiger partial charge < -0.3 is 10.0 Å². The lowest BCUT2D eigenvalue weighted by Crippen LogP contribution is -2.26. The minimum absolute atomic E-state index is 0.653. The first-order valence-electron chi connectivity index (χ1n) is 6.12. The van der Waals surface area contributed by atoms with E-state index in [1.807, 2.05) is 12.1 Å². The Morgan fingerprint density at radius 1 is 1.31 bits per heavy atom. The van der Waals surface area contributed by atoms with E-state index in [1.165, 1.54) is 41.9 Å². The molecule has 0 saturated heterocycles. The predicted molar refractivity (Wildman–Crippen MR) is 71.2 cm³/mol. The molecule has 1 rings (SSSR count). The van der Waals surface area contributed by atoms with Crippen molar-refractivity contribution in [3.8, 4) is 0 Å². The first kappa shape index (κ1) is 13.7. The standard InChI is InChI=1S/C12H21BO2S/c1-3-5-6-10(4-2)9-11-7-8-12(16-11)13(14)15/h7-8,10,14-15H,3-6,9H2,1-2H3. The molecule has 0 fully saturated rings. The van der Waals surface area contributed by atoms with Gasteiger partial charge in [-0.2, -0.15) is 0 Å². The second-order valence-electron chi connectivity index (χ2n) is 4.30. The Hall–Kier alpha value is -0.315. The molecule has 0 spiro atoms. The Kier molecular flexibility index (Phi) is 6.10. The molecule has 0 radical (unpaired) electrons. The topological polar surface area (TPSA) is 40.5 Å². The highest BCUT2D eigenvalue weighted by Crippen LogP contribution is 2.20. The van der Waals surface area contributed by atoms with Gasteiger partial charge in [0.1, 0.15) is 0 Å². The molecule has 0 aliphatic carbocycles. The van der Waals surface area contributed by atoms with Crippen LogP contribution in [0.2, 0.25) is 0 Å². The lowest BCUT2D eigenvalue weighted by molar-refractivity contribution is 0.427. The molecule has 1 heterocycles. The smallest absolute Gasteiger partial charge is 0.423 e. The van der Waals surface area contributed by atoms with E-state index in [4.69, 9.17) is 10.0 Å². The zero-order valence-corrected chi connectivity index (χ0v) is 11.0. The van der Waals surface area contributed by atoms with E-state index in [-0.39, 0.29) is 0 Å². The molecular formula is C12H21BO2S. The minimum Gasteiger partial charge on any atom is -0.423 e. The molecule has 1 atom stereocenters. The molecular weight excluding hydrogens is 219 g/mol. The number of rotatable bonds is 7. The van der Waals surface area contributed by atoms with Crippen molar-refractivity contribution in [1.29, 1.82) is 0 Å². The fourth-order valence-corrected chi connectivity index (χ4v) is 2.87. The van der Waals surface area contributed by atoms with E-state index in [0.29, 0.717) is 4.78 Å². The maximum atomic E-state index is 9.04. The van der Waals surface area contributed by atoms with Crippen molar-refractivity contribution in [1.82, 2.24) is 0 Å². The summed E-state index contributed by atoms with van der Waals surface area (Å²) in [4.78, 5) is 1.27. The zero-order chi connectivity index (χ0) is 12.0. The van der Waals surface area contributed by atoms with Crippen molar-refractivity contribution in [2.75, 3.05) is 0 Å². The van der Waals surface area contributed by atoms with Crippen LogP contribution in [0, 0.1) is 5.92 Å². The van der Waals surface area contributed by atoms with Crippen LogP contribution in [0.4, 0.5) is 0 Å². The van der Waals surface area contributed by atoms with Crippen molar-refractivity contribution >= 4 is 23.2 Å². The quantitative estimate of drug-likeness (QED) is 0.717. The lowest BCUT2D eigenvalue weighted by atomic mass is 9.90. The Bertz CT molecular complexity index is 299. The Balaban J connectivity index is 2.49. The molecule has 1 unspecified atom stereocenters. The first-order valence-corrected chi connectivity index (χ1v) is 6.93. The maximum Gasteiger partial charge on any atom is 0.499 e. The second-order valence-corrected chi connectivity index (χ2v) is 5.50. The summed E-state index contributed by atoms with van der Waals surface area (Å²) in [6, 6.07) is 3.84. The molecule has 4 heteroatoms. The fraction of sp³-hybridized carbons (Fsp3) is 0.667. The number of unbranched alkanes of at least 4 members (excludes halogenated alkanes) is 1. The molecule has 0 aromatic carbocycles. The normalized spacial score (nSPS) is 12.8. The number of thiophene rings is 1. The molecule has 0 bridgehead atoms. The van der Waals surface area contributed by atoms with Gasteiger partial charge in [0.15, 0.2) is 0 Å². The summed E-state index contributed by atoms with van der Waals surface area (Å²) < 4.78 is 0.653. The predicted octanol–water partition coefficient (Wildman–Crippen LogP) is 2.19. The molecule has 1 aromatic heterocycles. The van der Waals surface area contributed by atoms with E-state index in [9.17, 15) is 0 Å². The molecule has 2 nitrogen and oxygen atoms in total. The molecule has 2 N–H and O–H groups in total. The van der Waals surface area contributed by atoms with Crippen LogP contribution >= 0.6 is 11.3 Å². The highest BCUT2D eigenvalue weighted by atomic mass is 32.1. The SMILES string of the molecule is CCCCC(CC)Cc1ccc(B(O)O)s1. The third kappa shape index (κ3) is 4.28. The van der Waals surface area contributed by atoms with Crippen LogP contribution < -0.4 is 4.78 Å². The van der Waals surface area contributed by atoms with E-state index in [1.54, 1.807) is 0 Å². The van der Waals surface area contributed by atoms with Crippen LogP contribution in [0.3, 0.4) is 0 Å². The molecule has 0 aliphatic rings. The summed E-state index contributed by atoms with van der Waals surface area (Å²) in [5.41, 5.74) is 0. The summed E-state index contributed by atoms with van der Waals surface area (Å²) >= 11 is 1.52. The van der Waals surface area contributed by atoms with E-state index < -0.39 is 7.12 Å². The van der Waals surface area contributed by atoms with Crippen LogP contribution in [0.15, 0.2) is 12.1 Å². The van der Waals surface area contributed by atoms with Crippen molar-refractivity contribution in [2.45, 2.75) is 46.0 Å². The second kappa shape index (κ2) is 7.10. The molecule has 0 aliphatic heterocycles. The van der Waals surface area contributed by atoms with Gasteiger partial charge >= 0.3 is 7.12 Å². The zero-order valence-electron chi connectivity index (χ0n) is 10.1. The summed E-state index contributed by atoms with van der Waals surface area (Å²) in [6.45, 7) is 4.45. The highest BCUT2D eigenvalue weighted by molar-refractivity contribution is 7.22. The van der Waals surface area contributed by atoms with E-state index in [2.05, 4.69) is 13.8 Å². The van der Waals surface area contributed by atoms with Gasteiger partial charge in [-0.1, -0.05) is 45.6 Å². The monoisotopic (exact) mass is 240 g/mol. The van der Waals surface area contributed by atoms with Gasteiger partial charge in [-0.05, 0) is 18.4 Å². The highest BCUT2D eigenvalue weighted by Gasteiger charge is 2.15. The lowest BCUT2D eigenvalue weighted by Gasteiger charge is -2.12. The van der Waals surface area contributed by atoms with Crippen LogP contribution in [-0.2, 0) is 6.42 Å². The molecule has 90 valence electrons. The summed E-state index contributed by atoms with van der Waals surface area (Å²) in [5, 5.41) is 18.1. The first-order chi connectivity index (χ1) is 7.67. The van der Waals surface area contributed by atoms with E-state index in [0.717, 1.165) is 12.3 Å². The van der Waals surface area contributed by atoms with Gasteiger partial charge in [0.2, 0.25) is 0 Å². The van der Waals surface area contributed by atoms with Gasteiger partial charge in [0.05, 0.1) is 0 Å². The van der Waals surface area contributed by atoms with Crippen LogP contribution in [-0.4, -0.2) is 17.2 Å². The van der Waals surface area contributed by atoms with Crippen molar-refractivity contribution < 1.29 is 10.0 Å². The van der Waals surface area contributed by atoms with Crippen molar-refractivity contribution in [2.24, 2.45) is 5.92 Å². The average Bonchev–Trinajstić information content (AvgIpc) is 2.72. The third-order valence-corrected chi connectivity index (χ3v) is 4.12.